The van der Waals surface area contributed by atoms with Crippen LogP contribution in [0.25, 0.3) is 10.9 Å². The molecule has 0 N–H and O–H groups in total. The first-order valence-corrected chi connectivity index (χ1v) is 11.3. The second-order valence-electron chi connectivity index (χ2n) is 8.22. The van der Waals surface area contributed by atoms with Crippen LogP contribution in [0.15, 0.2) is 36.5 Å². The number of hydrogen-bond acceptors (Lipinski definition) is 4. The Labute approximate surface area is 185 Å². The lowest BCUT2D eigenvalue weighted by Crippen LogP contribution is -2.58. The molecule has 0 radical (unpaired) electrons. The van der Waals surface area contributed by atoms with Crippen molar-refractivity contribution in [3.05, 3.63) is 52.7 Å². The van der Waals surface area contributed by atoms with Crippen molar-refractivity contribution in [1.29, 1.82) is 0 Å². The van der Waals surface area contributed by atoms with Gasteiger partial charge in [0.15, 0.2) is 10.3 Å². The number of rotatable bonds is 3. The molecule has 30 heavy (non-hydrogen) atoms. The van der Waals surface area contributed by atoms with Crippen molar-refractivity contribution in [1.82, 2.24) is 19.7 Å². The van der Waals surface area contributed by atoms with E-state index in [2.05, 4.69) is 30.8 Å². The fraction of sp³-hybridized carbons (Fsp3) is 0.455. The highest BCUT2D eigenvalue weighted by Gasteiger charge is 2.41. The minimum absolute atomic E-state index is 0.113. The molecule has 1 aromatic carbocycles. The number of nitrogens with zero attached hydrogens (tertiary/aromatic N) is 5. The zero-order valence-corrected chi connectivity index (χ0v) is 18.2. The molecule has 1 aliphatic carbocycles. The van der Waals surface area contributed by atoms with Gasteiger partial charge in [0.1, 0.15) is 5.82 Å². The SMILES string of the molecule is Fc1cccc2c1ccn2C1(N2CCN(c3cc(Cl)nnc3Cl)CC2)CCCCC1. The Morgan fingerprint density at radius 2 is 1.70 bits per heavy atom. The van der Waals surface area contributed by atoms with Crippen molar-refractivity contribution in [3.8, 4) is 0 Å². The summed E-state index contributed by atoms with van der Waals surface area (Å²) in [5.41, 5.74) is 1.70. The predicted octanol–water partition coefficient (Wildman–Crippen LogP) is 5.32. The smallest absolute Gasteiger partial charge is 0.175 e. The van der Waals surface area contributed by atoms with Crippen molar-refractivity contribution in [2.75, 3.05) is 31.1 Å². The van der Waals surface area contributed by atoms with Gasteiger partial charge in [-0.2, -0.15) is 0 Å². The van der Waals surface area contributed by atoms with Gasteiger partial charge in [-0.3, -0.25) is 4.90 Å². The van der Waals surface area contributed by atoms with Crippen LogP contribution in [0.5, 0.6) is 0 Å². The van der Waals surface area contributed by atoms with Gasteiger partial charge in [0.25, 0.3) is 0 Å². The Morgan fingerprint density at radius 3 is 2.47 bits per heavy atom. The fourth-order valence-electron chi connectivity index (χ4n) is 5.25. The van der Waals surface area contributed by atoms with Crippen molar-refractivity contribution in [3.63, 3.8) is 0 Å². The molecule has 158 valence electrons. The zero-order valence-electron chi connectivity index (χ0n) is 16.7. The van der Waals surface area contributed by atoms with E-state index in [1.807, 2.05) is 18.2 Å². The Balaban J connectivity index is 1.46. The van der Waals surface area contributed by atoms with E-state index in [0.29, 0.717) is 15.7 Å². The van der Waals surface area contributed by atoms with Gasteiger partial charge in [-0.05, 0) is 43.9 Å². The van der Waals surface area contributed by atoms with Gasteiger partial charge < -0.3 is 9.47 Å². The predicted molar refractivity (Wildman–Crippen MR) is 119 cm³/mol. The summed E-state index contributed by atoms with van der Waals surface area (Å²) < 4.78 is 16.7. The van der Waals surface area contributed by atoms with Crippen LogP contribution in [-0.2, 0) is 5.66 Å². The second kappa shape index (κ2) is 7.98. The molecule has 2 aromatic heterocycles. The van der Waals surface area contributed by atoms with Crippen LogP contribution in [0.3, 0.4) is 0 Å². The summed E-state index contributed by atoms with van der Waals surface area (Å²) in [5, 5.41) is 9.19. The maximum absolute atomic E-state index is 14.4. The van der Waals surface area contributed by atoms with Crippen LogP contribution in [0, 0.1) is 5.82 Å². The van der Waals surface area contributed by atoms with Gasteiger partial charge in [-0.25, -0.2) is 4.39 Å². The summed E-state index contributed by atoms with van der Waals surface area (Å²) in [6, 6.07) is 9.09. The topological polar surface area (TPSA) is 37.2 Å². The molecule has 2 fully saturated rings. The molecule has 1 saturated carbocycles. The van der Waals surface area contributed by atoms with Crippen LogP contribution in [-0.4, -0.2) is 45.8 Å². The minimum atomic E-state index is -0.154. The molecule has 8 heteroatoms. The van der Waals surface area contributed by atoms with Crippen molar-refractivity contribution in [2.45, 2.75) is 37.8 Å². The highest BCUT2D eigenvalue weighted by molar-refractivity contribution is 6.33. The van der Waals surface area contributed by atoms with Gasteiger partial charge in [-0.1, -0.05) is 35.7 Å². The number of aromatic nitrogens is 3. The average molecular weight is 448 g/mol. The highest BCUT2D eigenvalue weighted by atomic mass is 35.5. The van der Waals surface area contributed by atoms with Gasteiger partial charge in [0.2, 0.25) is 0 Å². The molecule has 0 spiro atoms. The normalized spacial score (nSPS) is 20.0. The molecule has 1 saturated heterocycles. The Hall–Kier alpha value is -1.89. The Bertz CT molecular complexity index is 1050. The van der Waals surface area contributed by atoms with E-state index in [1.54, 1.807) is 6.07 Å². The zero-order chi connectivity index (χ0) is 20.7. The molecule has 0 atom stereocenters. The number of halogens is 3. The van der Waals surface area contributed by atoms with Gasteiger partial charge in [0, 0.05) is 43.8 Å². The van der Waals surface area contributed by atoms with Gasteiger partial charge >= 0.3 is 0 Å². The van der Waals surface area contributed by atoms with Gasteiger partial charge in [0.05, 0.1) is 16.9 Å². The third kappa shape index (κ3) is 3.35. The lowest BCUT2D eigenvalue weighted by molar-refractivity contribution is -0.0173. The minimum Gasteiger partial charge on any atom is -0.366 e. The summed E-state index contributed by atoms with van der Waals surface area (Å²) in [7, 11) is 0. The fourth-order valence-corrected chi connectivity index (χ4v) is 5.60. The summed E-state index contributed by atoms with van der Waals surface area (Å²) in [6.45, 7) is 3.45. The molecule has 0 bridgehead atoms. The summed E-state index contributed by atoms with van der Waals surface area (Å²) >= 11 is 12.3. The highest BCUT2D eigenvalue weighted by Crippen LogP contribution is 2.41. The summed E-state index contributed by atoms with van der Waals surface area (Å²) in [5.74, 6) is -0.154. The van der Waals surface area contributed by atoms with E-state index in [0.717, 1.165) is 50.2 Å². The average Bonchev–Trinajstić information content (AvgIpc) is 3.22. The molecule has 0 amide bonds. The molecule has 3 heterocycles. The largest absolute Gasteiger partial charge is 0.366 e. The maximum atomic E-state index is 14.4. The Kier molecular flexibility index (Phi) is 5.33. The van der Waals surface area contributed by atoms with Crippen LogP contribution >= 0.6 is 23.2 Å². The van der Waals surface area contributed by atoms with E-state index in [-0.39, 0.29) is 11.5 Å². The summed E-state index contributed by atoms with van der Waals surface area (Å²) in [4.78, 5) is 4.81. The van der Waals surface area contributed by atoms with E-state index in [9.17, 15) is 4.39 Å². The number of benzene rings is 1. The monoisotopic (exact) mass is 447 g/mol. The maximum Gasteiger partial charge on any atom is 0.175 e. The number of anilines is 1. The van der Waals surface area contributed by atoms with Crippen LogP contribution in [0.1, 0.15) is 32.1 Å². The molecule has 5 nitrogen and oxygen atoms in total. The third-order valence-electron chi connectivity index (χ3n) is 6.69. The van der Waals surface area contributed by atoms with Crippen LogP contribution < -0.4 is 4.90 Å². The standard InChI is InChI=1S/C22H24Cl2FN5/c23-20-15-19(21(24)27-26-20)28-11-13-29(14-12-28)22(8-2-1-3-9-22)30-10-7-16-17(25)5-4-6-18(16)30/h4-7,10,15H,1-3,8-9,11-14H2. The first-order valence-electron chi connectivity index (χ1n) is 10.5. The quantitative estimate of drug-likeness (QED) is 0.544. The number of hydrogen-bond donors (Lipinski definition) is 0. The van der Waals surface area contributed by atoms with Crippen LogP contribution in [0.2, 0.25) is 10.3 Å². The third-order valence-corrected chi connectivity index (χ3v) is 7.15. The van der Waals surface area contributed by atoms with Crippen molar-refractivity contribution in [2.24, 2.45) is 0 Å². The first-order chi connectivity index (χ1) is 14.6. The molecular weight excluding hydrogens is 424 g/mol. The van der Waals surface area contributed by atoms with E-state index in [1.165, 1.54) is 25.3 Å². The second-order valence-corrected chi connectivity index (χ2v) is 8.96. The van der Waals surface area contributed by atoms with Crippen molar-refractivity contribution < 1.29 is 4.39 Å². The lowest BCUT2D eigenvalue weighted by atomic mass is 9.86. The van der Waals surface area contributed by atoms with E-state index < -0.39 is 0 Å². The van der Waals surface area contributed by atoms with Gasteiger partial charge in [-0.15, -0.1) is 10.2 Å². The number of piperazine rings is 1. The lowest BCUT2D eigenvalue weighted by Gasteiger charge is -2.51. The Morgan fingerprint density at radius 1 is 0.933 bits per heavy atom. The molecule has 0 unspecified atom stereocenters. The molecule has 5 rings (SSSR count). The first kappa shape index (κ1) is 20.0. The molecular formula is C22H24Cl2FN5. The van der Waals surface area contributed by atoms with Crippen LogP contribution in [0.4, 0.5) is 10.1 Å². The van der Waals surface area contributed by atoms with Crippen molar-refractivity contribution >= 4 is 39.8 Å². The van der Waals surface area contributed by atoms with E-state index >= 15 is 0 Å². The number of fused-ring (bicyclic) bond motifs is 1. The van der Waals surface area contributed by atoms with E-state index in [4.69, 9.17) is 23.2 Å². The summed E-state index contributed by atoms with van der Waals surface area (Å²) in [6.07, 6.45) is 7.87. The molecule has 3 aromatic rings. The molecule has 1 aliphatic heterocycles. The molecule has 2 aliphatic rings.